The van der Waals surface area contributed by atoms with E-state index in [1.54, 1.807) is 19.2 Å². The van der Waals surface area contributed by atoms with Crippen LogP contribution >= 0.6 is 0 Å². The molecule has 2 aromatic carbocycles. The Kier molecular flexibility index (Phi) is 5.33. The van der Waals surface area contributed by atoms with E-state index in [0.29, 0.717) is 34.8 Å². The molecule has 1 aromatic heterocycles. The second kappa shape index (κ2) is 7.91. The van der Waals surface area contributed by atoms with Gasteiger partial charge in [-0.25, -0.2) is 0 Å². The molecule has 3 aromatic rings. The number of benzene rings is 2. The van der Waals surface area contributed by atoms with Gasteiger partial charge in [-0.15, -0.1) is 0 Å². The highest BCUT2D eigenvalue weighted by Crippen LogP contribution is 2.30. The summed E-state index contributed by atoms with van der Waals surface area (Å²) in [6.45, 7) is 6.89. The van der Waals surface area contributed by atoms with Gasteiger partial charge < -0.3 is 19.2 Å². The fourth-order valence-corrected chi connectivity index (χ4v) is 4.48. The fourth-order valence-electron chi connectivity index (χ4n) is 4.48. The number of likely N-dealkylation sites (tertiary alicyclic amines) is 1. The van der Waals surface area contributed by atoms with Crippen molar-refractivity contribution in [2.24, 2.45) is 5.92 Å². The largest absolute Gasteiger partial charge is 0.507 e. The number of fused-ring (bicyclic) bond motifs is 1. The Morgan fingerprint density at radius 1 is 1.21 bits per heavy atom. The number of methoxy groups -OCH3 is 1. The van der Waals surface area contributed by atoms with Crippen molar-refractivity contribution in [3.8, 4) is 22.6 Å². The molecule has 29 heavy (non-hydrogen) atoms. The predicted molar refractivity (Wildman–Crippen MR) is 114 cm³/mol. The van der Waals surface area contributed by atoms with Crippen LogP contribution < -0.4 is 15.1 Å². The number of hydrogen-bond acceptors (Lipinski definition) is 4. The third-order valence-electron chi connectivity index (χ3n) is 5.98. The van der Waals surface area contributed by atoms with Gasteiger partial charge in [0.1, 0.15) is 23.8 Å². The molecule has 152 valence electrons. The smallest absolute Gasteiger partial charge is 0.200 e. The highest BCUT2D eigenvalue weighted by Gasteiger charge is 2.24. The summed E-state index contributed by atoms with van der Waals surface area (Å²) in [6.07, 6.45) is 2.44. The summed E-state index contributed by atoms with van der Waals surface area (Å²) in [5, 5.41) is 11.1. The molecule has 0 bridgehead atoms. The first-order valence-corrected chi connectivity index (χ1v) is 10.2. The molecule has 1 saturated heterocycles. The first-order chi connectivity index (χ1) is 14.0. The van der Waals surface area contributed by atoms with Gasteiger partial charge in [0.25, 0.3) is 0 Å². The van der Waals surface area contributed by atoms with Crippen LogP contribution in [0.3, 0.4) is 0 Å². The SMILES string of the molecule is COc1ccc(-c2c(C)oc3c(C[NH+]4CCC[C@@H](C)C4)c(O)ccc3c2=O)cc1. The van der Waals surface area contributed by atoms with Crippen molar-refractivity contribution in [1.29, 1.82) is 0 Å². The van der Waals surface area contributed by atoms with E-state index in [-0.39, 0.29) is 11.2 Å². The molecule has 5 nitrogen and oxygen atoms in total. The third kappa shape index (κ3) is 3.75. The Bertz CT molecular complexity index is 1080. The van der Waals surface area contributed by atoms with Crippen molar-refractivity contribution in [3.63, 3.8) is 0 Å². The highest BCUT2D eigenvalue weighted by molar-refractivity contribution is 5.86. The molecule has 0 amide bonds. The predicted octanol–water partition coefficient (Wildman–Crippen LogP) is 3.30. The first kappa shape index (κ1) is 19.5. The van der Waals surface area contributed by atoms with Crippen LogP contribution in [-0.4, -0.2) is 25.3 Å². The number of ether oxygens (including phenoxy) is 1. The Labute approximate surface area is 170 Å². The van der Waals surface area contributed by atoms with Crippen LogP contribution in [0.15, 0.2) is 45.6 Å². The molecule has 0 aliphatic carbocycles. The van der Waals surface area contributed by atoms with E-state index >= 15 is 0 Å². The standard InChI is InChI=1S/C24H27NO4/c1-15-5-4-12-25(13-15)14-20-21(26)11-10-19-23(27)22(16(2)29-24(19)20)17-6-8-18(28-3)9-7-17/h6-11,15,26H,4-5,12-14H2,1-3H3/p+1/t15-/m1/s1. The Hall–Kier alpha value is -2.79. The fraction of sp³-hybridized carbons (Fsp3) is 0.375. The molecule has 1 fully saturated rings. The maximum Gasteiger partial charge on any atom is 0.200 e. The van der Waals surface area contributed by atoms with E-state index in [4.69, 9.17) is 9.15 Å². The quantitative estimate of drug-likeness (QED) is 0.713. The van der Waals surface area contributed by atoms with Crippen molar-refractivity contribution in [1.82, 2.24) is 0 Å². The Morgan fingerprint density at radius 2 is 1.97 bits per heavy atom. The molecule has 0 spiro atoms. The number of hydrogen-bond donors (Lipinski definition) is 2. The van der Waals surface area contributed by atoms with Gasteiger partial charge in [0.2, 0.25) is 5.43 Å². The van der Waals surface area contributed by atoms with Crippen LogP contribution in [0.25, 0.3) is 22.1 Å². The van der Waals surface area contributed by atoms with Gasteiger partial charge in [-0.1, -0.05) is 19.1 Å². The number of aryl methyl sites for hydroxylation is 1. The lowest BCUT2D eigenvalue weighted by atomic mass is 9.98. The zero-order valence-corrected chi connectivity index (χ0v) is 17.2. The zero-order chi connectivity index (χ0) is 20.5. The second-order valence-electron chi connectivity index (χ2n) is 8.16. The van der Waals surface area contributed by atoms with Crippen molar-refractivity contribution in [3.05, 3.63) is 57.9 Å². The lowest BCUT2D eigenvalue weighted by molar-refractivity contribution is -0.922. The molecule has 1 aliphatic rings. The monoisotopic (exact) mass is 394 g/mol. The van der Waals surface area contributed by atoms with Gasteiger partial charge in [0.05, 0.1) is 36.7 Å². The van der Waals surface area contributed by atoms with Gasteiger partial charge in [0, 0.05) is 5.92 Å². The molecule has 1 unspecified atom stereocenters. The third-order valence-corrected chi connectivity index (χ3v) is 5.98. The zero-order valence-electron chi connectivity index (χ0n) is 17.2. The lowest BCUT2D eigenvalue weighted by Gasteiger charge is -2.28. The number of aromatic hydroxyl groups is 1. The van der Waals surface area contributed by atoms with Crippen LogP contribution in [0.2, 0.25) is 0 Å². The second-order valence-corrected chi connectivity index (χ2v) is 8.16. The minimum absolute atomic E-state index is 0.0721. The van der Waals surface area contributed by atoms with Crippen molar-refractivity contribution >= 4 is 11.0 Å². The van der Waals surface area contributed by atoms with E-state index in [9.17, 15) is 9.90 Å². The Balaban J connectivity index is 1.81. The van der Waals surface area contributed by atoms with E-state index in [1.807, 2.05) is 31.2 Å². The number of rotatable bonds is 4. The molecule has 2 N–H and O–H groups in total. The lowest BCUT2D eigenvalue weighted by Crippen LogP contribution is -3.12. The van der Waals surface area contributed by atoms with E-state index in [0.717, 1.165) is 30.0 Å². The summed E-state index contributed by atoms with van der Waals surface area (Å²) in [5.41, 5.74) is 2.51. The minimum Gasteiger partial charge on any atom is -0.507 e. The number of quaternary nitrogens is 1. The summed E-state index contributed by atoms with van der Waals surface area (Å²) >= 11 is 0. The molecule has 5 heteroatoms. The van der Waals surface area contributed by atoms with Crippen LogP contribution in [0.1, 0.15) is 31.1 Å². The van der Waals surface area contributed by atoms with Crippen LogP contribution in [-0.2, 0) is 6.54 Å². The summed E-state index contributed by atoms with van der Waals surface area (Å²) in [6, 6.07) is 10.7. The molecule has 2 atom stereocenters. The molecular weight excluding hydrogens is 366 g/mol. The number of piperidine rings is 1. The topological polar surface area (TPSA) is 64.1 Å². The average molecular weight is 394 g/mol. The van der Waals surface area contributed by atoms with Gasteiger partial charge in [0.15, 0.2) is 5.58 Å². The molecule has 4 rings (SSSR count). The van der Waals surface area contributed by atoms with Gasteiger partial charge in [-0.3, -0.25) is 4.79 Å². The summed E-state index contributed by atoms with van der Waals surface area (Å²) in [4.78, 5) is 14.8. The Morgan fingerprint density at radius 3 is 2.66 bits per heavy atom. The van der Waals surface area contributed by atoms with E-state index < -0.39 is 0 Å². The molecule has 0 saturated carbocycles. The number of phenolic OH excluding ortho intramolecular Hbond substituents is 1. The van der Waals surface area contributed by atoms with Crippen LogP contribution in [0, 0.1) is 12.8 Å². The van der Waals surface area contributed by atoms with Crippen molar-refractivity contribution in [2.45, 2.75) is 33.2 Å². The summed E-state index contributed by atoms with van der Waals surface area (Å²) < 4.78 is 11.4. The maximum atomic E-state index is 13.3. The van der Waals surface area contributed by atoms with Gasteiger partial charge >= 0.3 is 0 Å². The van der Waals surface area contributed by atoms with Gasteiger partial charge in [-0.2, -0.15) is 0 Å². The number of phenols is 1. The minimum atomic E-state index is -0.0721. The van der Waals surface area contributed by atoms with Gasteiger partial charge in [-0.05, 0) is 49.6 Å². The van der Waals surface area contributed by atoms with Crippen molar-refractivity contribution in [2.75, 3.05) is 20.2 Å². The normalized spacial score (nSPS) is 19.4. The molecule has 0 radical (unpaired) electrons. The van der Waals surface area contributed by atoms with E-state index in [2.05, 4.69) is 6.92 Å². The molecule has 2 heterocycles. The highest BCUT2D eigenvalue weighted by atomic mass is 16.5. The average Bonchev–Trinajstić information content (AvgIpc) is 2.71. The van der Waals surface area contributed by atoms with Crippen LogP contribution in [0.4, 0.5) is 0 Å². The van der Waals surface area contributed by atoms with Crippen LogP contribution in [0.5, 0.6) is 11.5 Å². The molecular formula is C24H28NO4+. The summed E-state index contributed by atoms with van der Waals surface area (Å²) in [7, 11) is 1.61. The number of nitrogens with one attached hydrogen (secondary N) is 1. The summed E-state index contributed by atoms with van der Waals surface area (Å²) in [5.74, 6) is 2.17. The maximum absolute atomic E-state index is 13.3. The molecule has 1 aliphatic heterocycles. The first-order valence-electron chi connectivity index (χ1n) is 10.2. The van der Waals surface area contributed by atoms with E-state index in [1.165, 1.54) is 17.7 Å². The van der Waals surface area contributed by atoms with Crippen molar-refractivity contribution < 1.29 is 19.2 Å².